The fourth-order valence-corrected chi connectivity index (χ4v) is 2.88. The highest BCUT2D eigenvalue weighted by Crippen LogP contribution is 2.19. The summed E-state index contributed by atoms with van der Waals surface area (Å²) in [4.78, 5) is 12.7. The molecule has 0 spiro atoms. The highest BCUT2D eigenvalue weighted by molar-refractivity contribution is 6.04. The van der Waals surface area contributed by atoms with E-state index in [-0.39, 0.29) is 11.7 Å². The zero-order chi connectivity index (χ0) is 18.0. The van der Waals surface area contributed by atoms with Gasteiger partial charge >= 0.3 is 0 Å². The van der Waals surface area contributed by atoms with Gasteiger partial charge in [0.1, 0.15) is 17.3 Å². The molecule has 0 saturated carbocycles. The van der Waals surface area contributed by atoms with Gasteiger partial charge < -0.3 is 9.88 Å². The predicted molar refractivity (Wildman–Crippen MR) is 93.8 cm³/mol. The largest absolute Gasteiger partial charge is 0.336 e. The lowest BCUT2D eigenvalue weighted by Crippen LogP contribution is -2.19. The Morgan fingerprint density at radius 1 is 1.00 bits per heavy atom. The third-order valence-corrected chi connectivity index (χ3v) is 4.05. The summed E-state index contributed by atoms with van der Waals surface area (Å²) in [6, 6.07) is 13.9. The molecule has 128 valence electrons. The van der Waals surface area contributed by atoms with E-state index < -0.39 is 5.82 Å². The van der Waals surface area contributed by atoms with Crippen molar-refractivity contribution in [2.24, 2.45) is 0 Å². The molecule has 5 heteroatoms. The average Bonchev–Trinajstić information content (AvgIpc) is 2.83. The quantitative estimate of drug-likeness (QED) is 0.735. The molecule has 0 saturated heterocycles. The van der Waals surface area contributed by atoms with Gasteiger partial charge in [-0.15, -0.1) is 0 Å². The van der Waals surface area contributed by atoms with Crippen molar-refractivity contribution >= 4 is 11.6 Å². The Bertz CT molecular complexity index is 914. The van der Waals surface area contributed by atoms with Crippen LogP contribution < -0.4 is 5.32 Å². The molecule has 0 unspecified atom stereocenters. The summed E-state index contributed by atoms with van der Waals surface area (Å²) in [5.74, 6) is -1.01. The van der Waals surface area contributed by atoms with Gasteiger partial charge in [0.2, 0.25) is 0 Å². The molecule has 0 fully saturated rings. The number of carbonyl (C=O) groups excluding carboxylic acids is 1. The average molecular weight is 340 g/mol. The number of halogens is 2. The minimum absolute atomic E-state index is 0.298. The molecule has 0 bridgehead atoms. The number of rotatable bonds is 4. The first-order chi connectivity index (χ1) is 11.9. The van der Waals surface area contributed by atoms with Crippen molar-refractivity contribution in [3.63, 3.8) is 0 Å². The molecule has 1 heterocycles. The number of hydrogen-bond donors (Lipinski definition) is 1. The van der Waals surface area contributed by atoms with Crippen LogP contribution in [0.15, 0.2) is 54.6 Å². The number of benzene rings is 2. The second-order valence-corrected chi connectivity index (χ2v) is 5.99. The summed E-state index contributed by atoms with van der Waals surface area (Å²) in [5, 5.41) is 2.73. The van der Waals surface area contributed by atoms with E-state index in [0.717, 1.165) is 16.8 Å². The van der Waals surface area contributed by atoms with Crippen LogP contribution in [-0.2, 0) is 6.54 Å². The maximum Gasteiger partial charge on any atom is 0.272 e. The Balaban J connectivity index is 1.90. The second-order valence-electron chi connectivity index (χ2n) is 5.99. The van der Waals surface area contributed by atoms with E-state index in [1.807, 2.05) is 24.5 Å². The van der Waals surface area contributed by atoms with Gasteiger partial charge in [-0.2, -0.15) is 0 Å². The first kappa shape index (κ1) is 16.9. The van der Waals surface area contributed by atoms with Gasteiger partial charge in [0, 0.05) is 17.9 Å². The zero-order valence-corrected chi connectivity index (χ0v) is 14.0. The number of hydrogen-bond acceptors (Lipinski definition) is 1. The molecule has 0 aliphatic carbocycles. The molecule has 0 atom stereocenters. The van der Waals surface area contributed by atoms with Gasteiger partial charge in [0.15, 0.2) is 0 Å². The van der Waals surface area contributed by atoms with Crippen LogP contribution in [0, 0.1) is 25.5 Å². The minimum Gasteiger partial charge on any atom is -0.336 e. The molecule has 1 N–H and O–H groups in total. The molecular weight excluding hydrogens is 322 g/mol. The summed E-state index contributed by atoms with van der Waals surface area (Å²) in [6.07, 6.45) is 0. The zero-order valence-electron chi connectivity index (χ0n) is 14.0. The highest BCUT2D eigenvalue weighted by atomic mass is 19.1. The topological polar surface area (TPSA) is 34.0 Å². The fraction of sp³-hybridized carbons (Fsp3) is 0.150. The van der Waals surface area contributed by atoms with Crippen molar-refractivity contribution < 1.29 is 13.6 Å². The number of aromatic nitrogens is 1. The molecule has 0 aliphatic rings. The van der Waals surface area contributed by atoms with Crippen molar-refractivity contribution in [1.82, 2.24) is 4.57 Å². The van der Waals surface area contributed by atoms with Crippen molar-refractivity contribution in [3.8, 4) is 0 Å². The summed E-state index contributed by atoms with van der Waals surface area (Å²) in [7, 11) is 0. The molecule has 0 aliphatic heterocycles. The Labute approximate surface area is 144 Å². The Hall–Kier alpha value is -2.95. The summed E-state index contributed by atoms with van der Waals surface area (Å²) in [6.45, 7) is 4.22. The van der Waals surface area contributed by atoms with E-state index in [4.69, 9.17) is 0 Å². The van der Waals surface area contributed by atoms with Crippen LogP contribution in [0.5, 0.6) is 0 Å². The minimum atomic E-state index is -0.410. The van der Waals surface area contributed by atoms with Crippen LogP contribution in [0.2, 0.25) is 0 Å². The molecule has 1 amide bonds. The van der Waals surface area contributed by atoms with Gasteiger partial charge in [0.05, 0.1) is 0 Å². The van der Waals surface area contributed by atoms with Crippen molar-refractivity contribution in [2.75, 3.05) is 5.32 Å². The van der Waals surface area contributed by atoms with Crippen molar-refractivity contribution in [2.45, 2.75) is 20.4 Å². The van der Waals surface area contributed by atoms with Crippen LogP contribution in [0.3, 0.4) is 0 Å². The van der Waals surface area contributed by atoms with Crippen LogP contribution in [0.1, 0.15) is 27.3 Å². The number of anilines is 1. The molecule has 1 aromatic heterocycles. The fourth-order valence-electron chi connectivity index (χ4n) is 2.88. The van der Waals surface area contributed by atoms with Crippen molar-refractivity contribution in [3.05, 3.63) is 88.7 Å². The Kier molecular flexibility index (Phi) is 4.65. The lowest BCUT2D eigenvalue weighted by Gasteiger charge is -2.13. The van der Waals surface area contributed by atoms with Gasteiger partial charge in [-0.3, -0.25) is 4.79 Å². The normalized spacial score (nSPS) is 10.7. The molecular formula is C20H18F2N2O. The molecule has 25 heavy (non-hydrogen) atoms. The van der Waals surface area contributed by atoms with E-state index >= 15 is 0 Å². The maximum atomic E-state index is 13.3. The molecule has 2 aromatic carbocycles. The SMILES string of the molecule is Cc1cc(C)n(Cc2ccc(F)cc2)c1C(=O)Nc1cccc(F)c1. The van der Waals surface area contributed by atoms with Crippen LogP contribution >= 0.6 is 0 Å². The highest BCUT2D eigenvalue weighted by Gasteiger charge is 2.18. The molecule has 3 rings (SSSR count). The van der Waals surface area contributed by atoms with E-state index in [0.29, 0.717) is 17.9 Å². The third kappa shape index (κ3) is 3.76. The Morgan fingerprint density at radius 2 is 1.72 bits per heavy atom. The van der Waals surface area contributed by atoms with E-state index in [1.54, 1.807) is 24.3 Å². The summed E-state index contributed by atoms with van der Waals surface area (Å²) >= 11 is 0. The number of nitrogens with one attached hydrogen (secondary N) is 1. The van der Waals surface area contributed by atoms with Crippen LogP contribution in [0.25, 0.3) is 0 Å². The first-order valence-electron chi connectivity index (χ1n) is 7.92. The van der Waals surface area contributed by atoms with Gasteiger partial charge in [-0.05, 0) is 61.4 Å². The van der Waals surface area contributed by atoms with Gasteiger partial charge in [-0.1, -0.05) is 18.2 Å². The van der Waals surface area contributed by atoms with Crippen LogP contribution in [-0.4, -0.2) is 10.5 Å². The molecule has 0 radical (unpaired) electrons. The number of amides is 1. The summed E-state index contributed by atoms with van der Waals surface area (Å²) in [5.41, 5.74) is 3.54. The molecule has 3 aromatic rings. The standard InChI is InChI=1S/C20H18F2N2O/c1-13-10-14(2)24(12-15-6-8-16(21)9-7-15)19(13)20(25)23-18-5-3-4-17(22)11-18/h3-11H,12H2,1-2H3,(H,23,25). The van der Waals surface area contributed by atoms with E-state index in [9.17, 15) is 13.6 Å². The number of nitrogens with zero attached hydrogens (tertiary/aromatic N) is 1. The lowest BCUT2D eigenvalue weighted by molar-refractivity contribution is 0.101. The van der Waals surface area contributed by atoms with E-state index in [2.05, 4.69) is 5.32 Å². The number of carbonyl (C=O) groups is 1. The lowest BCUT2D eigenvalue weighted by atomic mass is 10.2. The monoisotopic (exact) mass is 340 g/mol. The first-order valence-corrected chi connectivity index (χ1v) is 7.92. The van der Waals surface area contributed by atoms with Gasteiger partial charge in [-0.25, -0.2) is 8.78 Å². The number of aryl methyl sites for hydroxylation is 2. The molecule has 3 nitrogen and oxygen atoms in total. The van der Waals surface area contributed by atoms with E-state index in [1.165, 1.54) is 24.3 Å². The summed E-state index contributed by atoms with van der Waals surface area (Å²) < 4.78 is 28.3. The smallest absolute Gasteiger partial charge is 0.272 e. The predicted octanol–water partition coefficient (Wildman–Crippen LogP) is 4.68. The maximum absolute atomic E-state index is 13.3. The second kappa shape index (κ2) is 6.89. The third-order valence-electron chi connectivity index (χ3n) is 4.05. The Morgan fingerprint density at radius 3 is 2.40 bits per heavy atom. The van der Waals surface area contributed by atoms with Gasteiger partial charge in [0.25, 0.3) is 5.91 Å². The van der Waals surface area contributed by atoms with Crippen LogP contribution in [0.4, 0.5) is 14.5 Å². The van der Waals surface area contributed by atoms with Crippen molar-refractivity contribution in [1.29, 1.82) is 0 Å².